The van der Waals surface area contributed by atoms with E-state index in [2.05, 4.69) is 0 Å². The number of carboxylic acids is 1. The molecule has 96 valence electrons. The van der Waals surface area contributed by atoms with Gasteiger partial charge in [0.15, 0.2) is 17.5 Å². The van der Waals surface area contributed by atoms with Gasteiger partial charge in [0.05, 0.1) is 6.42 Å². The Labute approximate surface area is 102 Å². The van der Waals surface area contributed by atoms with Crippen molar-refractivity contribution < 1.29 is 23.1 Å². The fourth-order valence-electron chi connectivity index (χ4n) is 1.33. The van der Waals surface area contributed by atoms with Crippen molar-refractivity contribution in [1.29, 1.82) is 0 Å². The summed E-state index contributed by atoms with van der Waals surface area (Å²) in [6.07, 6.45) is -0.346. The highest BCUT2D eigenvalue weighted by Crippen LogP contribution is 2.15. The van der Waals surface area contributed by atoms with E-state index in [1.807, 2.05) is 0 Å². The molecule has 0 amide bonds. The van der Waals surface area contributed by atoms with Crippen LogP contribution in [-0.2, 0) is 11.2 Å². The molecule has 0 aliphatic carbocycles. The molecule has 0 radical (unpaired) electrons. The van der Waals surface area contributed by atoms with Gasteiger partial charge in [-0.25, -0.2) is 13.2 Å². The summed E-state index contributed by atoms with van der Waals surface area (Å²) in [6, 6.07) is 0.849. The first-order valence-electron chi connectivity index (χ1n) is 4.51. The summed E-state index contributed by atoms with van der Waals surface area (Å²) >= 11 is 0. The molecule has 0 saturated carbocycles. The monoisotopic (exact) mass is 269 g/mol. The van der Waals surface area contributed by atoms with Gasteiger partial charge in [0.25, 0.3) is 0 Å². The van der Waals surface area contributed by atoms with Crippen LogP contribution in [0.5, 0.6) is 0 Å². The second-order valence-corrected chi connectivity index (χ2v) is 3.44. The van der Waals surface area contributed by atoms with Crippen molar-refractivity contribution in [2.24, 2.45) is 5.73 Å². The molecule has 7 heteroatoms. The molecule has 1 aromatic rings. The number of hydrogen-bond acceptors (Lipinski definition) is 2. The lowest BCUT2D eigenvalue weighted by Crippen LogP contribution is -2.26. The van der Waals surface area contributed by atoms with Crippen molar-refractivity contribution in [3.8, 4) is 0 Å². The molecule has 0 spiro atoms. The van der Waals surface area contributed by atoms with Crippen LogP contribution in [0.2, 0.25) is 0 Å². The van der Waals surface area contributed by atoms with E-state index in [9.17, 15) is 18.0 Å². The van der Waals surface area contributed by atoms with Crippen molar-refractivity contribution >= 4 is 18.4 Å². The Hall–Kier alpha value is -1.27. The first kappa shape index (κ1) is 15.7. The van der Waals surface area contributed by atoms with Crippen LogP contribution < -0.4 is 5.73 Å². The van der Waals surface area contributed by atoms with Gasteiger partial charge < -0.3 is 10.8 Å². The summed E-state index contributed by atoms with van der Waals surface area (Å²) in [5, 5.41) is 8.43. The summed E-state index contributed by atoms with van der Waals surface area (Å²) in [5.41, 5.74) is 5.56. The molecule has 1 atom stereocenters. The third-order valence-electron chi connectivity index (χ3n) is 1.98. The van der Waals surface area contributed by atoms with Crippen molar-refractivity contribution in [1.82, 2.24) is 0 Å². The fourth-order valence-corrected chi connectivity index (χ4v) is 1.33. The molecule has 0 unspecified atom stereocenters. The van der Waals surface area contributed by atoms with E-state index in [4.69, 9.17) is 10.8 Å². The fraction of sp³-hybridized carbons (Fsp3) is 0.300. The minimum atomic E-state index is -1.55. The first-order chi connectivity index (χ1) is 7.40. The summed E-state index contributed by atoms with van der Waals surface area (Å²) in [7, 11) is 0. The van der Waals surface area contributed by atoms with Gasteiger partial charge in [-0.15, -0.1) is 12.4 Å². The van der Waals surface area contributed by atoms with Crippen molar-refractivity contribution in [2.45, 2.75) is 18.9 Å². The smallest absolute Gasteiger partial charge is 0.304 e. The highest BCUT2D eigenvalue weighted by Gasteiger charge is 2.14. The summed E-state index contributed by atoms with van der Waals surface area (Å²) in [6.45, 7) is 0. The van der Waals surface area contributed by atoms with Gasteiger partial charge in [0, 0.05) is 6.04 Å². The Morgan fingerprint density at radius 3 is 2.18 bits per heavy atom. The maximum atomic E-state index is 12.8. The molecule has 1 aromatic carbocycles. The van der Waals surface area contributed by atoms with Crippen LogP contribution in [0.25, 0.3) is 0 Å². The molecule has 0 fully saturated rings. The maximum Gasteiger partial charge on any atom is 0.304 e. The van der Waals surface area contributed by atoms with Crippen LogP contribution in [0.1, 0.15) is 12.0 Å². The average Bonchev–Trinajstić information content (AvgIpc) is 2.12. The third-order valence-corrected chi connectivity index (χ3v) is 1.98. The number of aliphatic carboxylic acids is 1. The highest BCUT2D eigenvalue weighted by molar-refractivity contribution is 5.85. The molecule has 3 nitrogen and oxygen atoms in total. The first-order valence-corrected chi connectivity index (χ1v) is 4.51. The largest absolute Gasteiger partial charge is 0.481 e. The molecule has 0 bridgehead atoms. The Bertz CT molecular complexity index is 392. The van der Waals surface area contributed by atoms with E-state index in [0.717, 1.165) is 12.1 Å². The van der Waals surface area contributed by atoms with Gasteiger partial charge in [-0.2, -0.15) is 0 Å². The van der Waals surface area contributed by atoms with Crippen LogP contribution in [0.4, 0.5) is 13.2 Å². The second-order valence-electron chi connectivity index (χ2n) is 3.44. The Kier molecular flexibility index (Phi) is 5.98. The Morgan fingerprint density at radius 1 is 1.29 bits per heavy atom. The van der Waals surface area contributed by atoms with E-state index >= 15 is 0 Å². The molecule has 0 aliphatic rings. The molecular weight excluding hydrogens is 259 g/mol. The van der Waals surface area contributed by atoms with E-state index in [1.54, 1.807) is 0 Å². The summed E-state index contributed by atoms with van der Waals surface area (Å²) in [5.74, 6) is -5.26. The molecule has 0 aromatic heterocycles. The van der Waals surface area contributed by atoms with Crippen molar-refractivity contribution in [3.05, 3.63) is 35.1 Å². The predicted molar refractivity (Wildman–Crippen MR) is 57.5 cm³/mol. The van der Waals surface area contributed by atoms with E-state index in [0.29, 0.717) is 0 Å². The number of rotatable bonds is 4. The van der Waals surface area contributed by atoms with E-state index in [1.165, 1.54) is 0 Å². The van der Waals surface area contributed by atoms with Crippen molar-refractivity contribution in [3.63, 3.8) is 0 Å². The van der Waals surface area contributed by atoms with Gasteiger partial charge in [-0.05, 0) is 24.1 Å². The lowest BCUT2D eigenvalue weighted by atomic mass is 10.0. The standard InChI is InChI=1S/C10H10F3NO2.ClH/c11-7-2-5(3-8(12)10(7)13)1-6(14)4-9(15)16;/h2-3,6H,1,4,14H2,(H,15,16);1H/t6-;/m0./s1. The highest BCUT2D eigenvalue weighted by atomic mass is 35.5. The Morgan fingerprint density at radius 2 is 1.76 bits per heavy atom. The molecule has 1 rings (SSSR count). The molecule has 0 saturated heterocycles. The van der Waals surface area contributed by atoms with Crippen LogP contribution >= 0.6 is 12.4 Å². The van der Waals surface area contributed by atoms with E-state index in [-0.39, 0.29) is 30.8 Å². The van der Waals surface area contributed by atoms with Gasteiger partial charge in [-0.3, -0.25) is 4.79 Å². The van der Waals surface area contributed by atoms with Gasteiger partial charge in [0.2, 0.25) is 0 Å². The van der Waals surface area contributed by atoms with Crippen LogP contribution in [0.15, 0.2) is 12.1 Å². The SMILES string of the molecule is Cl.N[C@H](CC(=O)O)Cc1cc(F)c(F)c(F)c1. The molecule has 17 heavy (non-hydrogen) atoms. The van der Waals surface area contributed by atoms with Crippen molar-refractivity contribution in [2.75, 3.05) is 0 Å². The normalized spacial score (nSPS) is 11.8. The topological polar surface area (TPSA) is 63.3 Å². The molecule has 0 aliphatic heterocycles. The number of carboxylic acid groups (broad SMARTS) is 1. The van der Waals surface area contributed by atoms with Crippen LogP contribution in [0.3, 0.4) is 0 Å². The maximum absolute atomic E-state index is 12.8. The minimum absolute atomic E-state index is 0. The minimum Gasteiger partial charge on any atom is -0.481 e. The predicted octanol–water partition coefficient (Wildman–Crippen LogP) is 1.87. The average molecular weight is 270 g/mol. The zero-order valence-corrected chi connectivity index (χ0v) is 9.44. The summed E-state index contributed by atoms with van der Waals surface area (Å²) in [4.78, 5) is 10.3. The lowest BCUT2D eigenvalue weighted by molar-refractivity contribution is -0.137. The quantitative estimate of drug-likeness (QED) is 0.820. The van der Waals surface area contributed by atoms with Gasteiger partial charge >= 0.3 is 5.97 Å². The molecule has 3 N–H and O–H groups in total. The van der Waals surface area contributed by atoms with E-state index < -0.39 is 29.5 Å². The number of hydrogen-bond donors (Lipinski definition) is 2. The second kappa shape index (κ2) is 6.46. The third kappa shape index (κ3) is 4.62. The number of carbonyl (C=O) groups is 1. The molecule has 0 heterocycles. The summed E-state index contributed by atoms with van der Waals surface area (Å²) < 4.78 is 38.1. The Balaban J connectivity index is 0.00000256. The van der Waals surface area contributed by atoms with Crippen LogP contribution in [0, 0.1) is 17.5 Å². The van der Waals surface area contributed by atoms with Gasteiger partial charge in [-0.1, -0.05) is 0 Å². The number of nitrogens with two attached hydrogens (primary N) is 1. The number of benzene rings is 1. The number of halogens is 4. The van der Waals surface area contributed by atoms with Gasteiger partial charge in [0.1, 0.15) is 0 Å². The lowest BCUT2D eigenvalue weighted by Gasteiger charge is -2.09. The molecular formula is C10H11ClF3NO2. The van der Waals surface area contributed by atoms with Crippen LogP contribution in [-0.4, -0.2) is 17.1 Å². The zero-order chi connectivity index (χ0) is 12.3. The zero-order valence-electron chi connectivity index (χ0n) is 8.62.